The fraction of sp³-hybridized carbons (Fsp3) is 0.500. The van der Waals surface area contributed by atoms with Crippen molar-refractivity contribution in [3.8, 4) is 0 Å². The van der Waals surface area contributed by atoms with Crippen molar-refractivity contribution in [3.05, 3.63) is 35.9 Å². The number of carbonyl (C=O) groups is 1. The summed E-state index contributed by atoms with van der Waals surface area (Å²) in [6, 6.07) is 9.39. The Balaban J connectivity index is 2.04. The van der Waals surface area contributed by atoms with Crippen LogP contribution in [0.1, 0.15) is 31.4 Å². The highest BCUT2D eigenvalue weighted by atomic mass is 16.3. The first-order chi connectivity index (χ1) is 8.20. The Labute approximate surface area is 102 Å². The number of hydrogen-bond donors (Lipinski definition) is 1. The monoisotopic (exact) mass is 233 g/mol. The number of aliphatic hydroxyl groups excluding tert-OH is 1. The standard InChI is InChI=1S/C14H19NO2/c1-11(14(17)15-9-5-6-10-15)13(16)12-7-3-2-4-8-12/h2-4,7-8,11,13,16H,5-6,9-10H2,1H3/t11-,13+/m0/s1. The van der Waals surface area contributed by atoms with Gasteiger partial charge in [0.1, 0.15) is 0 Å². The molecule has 2 atom stereocenters. The second-order valence-electron chi connectivity index (χ2n) is 4.68. The van der Waals surface area contributed by atoms with Crippen LogP contribution in [0.3, 0.4) is 0 Å². The van der Waals surface area contributed by atoms with E-state index in [0.717, 1.165) is 31.5 Å². The van der Waals surface area contributed by atoms with E-state index in [4.69, 9.17) is 0 Å². The Bertz CT molecular complexity index is 371. The van der Waals surface area contributed by atoms with Gasteiger partial charge in [-0.2, -0.15) is 0 Å². The summed E-state index contributed by atoms with van der Waals surface area (Å²) in [6.07, 6.45) is 1.46. The van der Waals surface area contributed by atoms with E-state index in [2.05, 4.69) is 0 Å². The van der Waals surface area contributed by atoms with Crippen LogP contribution < -0.4 is 0 Å². The van der Waals surface area contributed by atoms with Gasteiger partial charge in [0.2, 0.25) is 5.91 Å². The Hall–Kier alpha value is -1.35. The summed E-state index contributed by atoms with van der Waals surface area (Å²) in [5.41, 5.74) is 0.813. The third-order valence-corrected chi connectivity index (χ3v) is 3.42. The van der Waals surface area contributed by atoms with Gasteiger partial charge >= 0.3 is 0 Å². The zero-order valence-corrected chi connectivity index (χ0v) is 10.2. The highest BCUT2D eigenvalue weighted by molar-refractivity contribution is 5.79. The first-order valence-corrected chi connectivity index (χ1v) is 6.22. The quantitative estimate of drug-likeness (QED) is 0.867. The summed E-state index contributed by atoms with van der Waals surface area (Å²) in [6.45, 7) is 3.48. The summed E-state index contributed by atoms with van der Waals surface area (Å²) in [4.78, 5) is 14.0. The highest BCUT2D eigenvalue weighted by Crippen LogP contribution is 2.24. The minimum atomic E-state index is -0.704. The van der Waals surface area contributed by atoms with Crippen molar-refractivity contribution in [3.63, 3.8) is 0 Å². The third kappa shape index (κ3) is 2.67. The molecule has 1 aromatic rings. The molecule has 1 aliphatic heterocycles. The number of aliphatic hydroxyl groups is 1. The maximum atomic E-state index is 12.1. The molecule has 1 heterocycles. The Morgan fingerprint density at radius 2 is 1.82 bits per heavy atom. The van der Waals surface area contributed by atoms with Gasteiger partial charge in [0, 0.05) is 13.1 Å². The number of carbonyl (C=O) groups excluding carboxylic acids is 1. The molecule has 0 bridgehead atoms. The molecular formula is C14H19NO2. The average molecular weight is 233 g/mol. The van der Waals surface area contributed by atoms with Crippen LogP contribution in [0.2, 0.25) is 0 Å². The number of hydrogen-bond acceptors (Lipinski definition) is 2. The lowest BCUT2D eigenvalue weighted by Crippen LogP contribution is -2.35. The number of likely N-dealkylation sites (tertiary alicyclic amines) is 1. The molecule has 0 spiro atoms. The van der Waals surface area contributed by atoms with Crippen molar-refractivity contribution in [2.45, 2.75) is 25.9 Å². The van der Waals surface area contributed by atoms with Gasteiger partial charge in [-0.05, 0) is 18.4 Å². The molecule has 1 saturated heterocycles. The Morgan fingerprint density at radius 1 is 1.24 bits per heavy atom. The smallest absolute Gasteiger partial charge is 0.228 e. The van der Waals surface area contributed by atoms with Gasteiger partial charge in [0.05, 0.1) is 12.0 Å². The normalized spacial score (nSPS) is 19.1. The number of benzene rings is 1. The van der Waals surface area contributed by atoms with Crippen molar-refractivity contribution >= 4 is 5.91 Å². The molecule has 0 radical (unpaired) electrons. The van der Waals surface area contributed by atoms with Crippen LogP contribution in [0.15, 0.2) is 30.3 Å². The molecule has 3 heteroatoms. The van der Waals surface area contributed by atoms with Gasteiger partial charge in [-0.25, -0.2) is 0 Å². The summed E-state index contributed by atoms with van der Waals surface area (Å²) < 4.78 is 0. The lowest BCUT2D eigenvalue weighted by Gasteiger charge is -2.24. The van der Waals surface area contributed by atoms with E-state index in [1.54, 1.807) is 6.92 Å². The van der Waals surface area contributed by atoms with Crippen LogP contribution in [0.5, 0.6) is 0 Å². The maximum absolute atomic E-state index is 12.1. The topological polar surface area (TPSA) is 40.5 Å². The second-order valence-corrected chi connectivity index (χ2v) is 4.68. The zero-order chi connectivity index (χ0) is 12.3. The summed E-state index contributed by atoms with van der Waals surface area (Å²) in [7, 11) is 0. The van der Waals surface area contributed by atoms with Gasteiger partial charge in [-0.3, -0.25) is 4.79 Å². The molecule has 1 N–H and O–H groups in total. The molecule has 1 aliphatic rings. The van der Waals surface area contributed by atoms with Crippen molar-refractivity contribution in [1.29, 1.82) is 0 Å². The van der Waals surface area contributed by atoms with Gasteiger partial charge in [-0.15, -0.1) is 0 Å². The first-order valence-electron chi connectivity index (χ1n) is 6.22. The van der Waals surface area contributed by atoms with Gasteiger partial charge < -0.3 is 10.0 Å². The van der Waals surface area contributed by atoms with Gasteiger partial charge in [-0.1, -0.05) is 37.3 Å². The molecule has 3 nitrogen and oxygen atoms in total. The molecule has 1 aromatic carbocycles. The van der Waals surface area contributed by atoms with Crippen molar-refractivity contribution in [2.75, 3.05) is 13.1 Å². The van der Waals surface area contributed by atoms with Crippen LogP contribution in [0.25, 0.3) is 0 Å². The molecule has 1 amide bonds. The van der Waals surface area contributed by atoms with E-state index < -0.39 is 6.10 Å². The molecular weight excluding hydrogens is 214 g/mol. The van der Waals surface area contributed by atoms with Gasteiger partial charge in [0.15, 0.2) is 0 Å². The highest BCUT2D eigenvalue weighted by Gasteiger charge is 2.28. The Morgan fingerprint density at radius 3 is 2.41 bits per heavy atom. The number of rotatable bonds is 3. The molecule has 92 valence electrons. The van der Waals surface area contributed by atoms with Crippen LogP contribution in [0, 0.1) is 5.92 Å². The second kappa shape index (κ2) is 5.32. The van der Waals surface area contributed by atoms with Crippen molar-refractivity contribution in [1.82, 2.24) is 4.90 Å². The lowest BCUT2D eigenvalue weighted by atomic mass is 9.96. The summed E-state index contributed by atoms with van der Waals surface area (Å²) in [5.74, 6) is -0.297. The first kappa shape index (κ1) is 12.1. The Kier molecular flexibility index (Phi) is 3.79. The minimum absolute atomic E-state index is 0.0684. The van der Waals surface area contributed by atoms with E-state index in [9.17, 15) is 9.90 Å². The molecule has 1 fully saturated rings. The summed E-state index contributed by atoms with van der Waals surface area (Å²) in [5, 5.41) is 10.2. The predicted molar refractivity (Wildman–Crippen MR) is 66.4 cm³/mol. The van der Waals surface area contributed by atoms with E-state index in [0.29, 0.717) is 0 Å². The molecule has 0 saturated carbocycles. The average Bonchev–Trinajstić information content (AvgIpc) is 2.91. The molecule has 0 aliphatic carbocycles. The lowest BCUT2D eigenvalue weighted by molar-refractivity contribution is -0.137. The third-order valence-electron chi connectivity index (χ3n) is 3.42. The maximum Gasteiger partial charge on any atom is 0.228 e. The van der Waals surface area contributed by atoms with Crippen LogP contribution in [0.4, 0.5) is 0 Å². The van der Waals surface area contributed by atoms with Crippen LogP contribution in [-0.2, 0) is 4.79 Å². The molecule has 2 rings (SSSR count). The van der Waals surface area contributed by atoms with Crippen molar-refractivity contribution in [2.24, 2.45) is 5.92 Å². The molecule has 17 heavy (non-hydrogen) atoms. The molecule has 0 aromatic heterocycles. The van der Waals surface area contributed by atoms with Gasteiger partial charge in [0.25, 0.3) is 0 Å². The van der Waals surface area contributed by atoms with Crippen LogP contribution in [-0.4, -0.2) is 29.0 Å². The van der Waals surface area contributed by atoms with E-state index >= 15 is 0 Å². The minimum Gasteiger partial charge on any atom is -0.388 e. The van der Waals surface area contributed by atoms with E-state index in [-0.39, 0.29) is 11.8 Å². The van der Waals surface area contributed by atoms with E-state index in [1.807, 2.05) is 35.2 Å². The largest absolute Gasteiger partial charge is 0.388 e. The van der Waals surface area contributed by atoms with Crippen molar-refractivity contribution < 1.29 is 9.90 Å². The molecule has 0 unspecified atom stereocenters. The predicted octanol–water partition coefficient (Wildman–Crippen LogP) is 1.98. The SMILES string of the molecule is C[C@H](C(=O)N1CCCC1)[C@@H](O)c1ccccc1. The fourth-order valence-electron chi connectivity index (χ4n) is 2.30. The van der Waals surface area contributed by atoms with E-state index in [1.165, 1.54) is 0 Å². The number of nitrogens with zero attached hydrogens (tertiary/aromatic N) is 1. The van der Waals surface area contributed by atoms with Crippen LogP contribution >= 0.6 is 0 Å². The zero-order valence-electron chi connectivity index (χ0n) is 10.2. The number of amides is 1. The summed E-state index contributed by atoms with van der Waals surface area (Å²) >= 11 is 0. The fourth-order valence-corrected chi connectivity index (χ4v) is 2.30.